The van der Waals surface area contributed by atoms with Crippen LogP contribution in [-0.2, 0) is 10.5 Å². The number of nitrogens with one attached hydrogen (secondary N) is 1. The van der Waals surface area contributed by atoms with Crippen molar-refractivity contribution >= 4 is 17.7 Å². The van der Waals surface area contributed by atoms with Crippen molar-refractivity contribution in [1.82, 2.24) is 5.32 Å². The van der Waals surface area contributed by atoms with Crippen molar-refractivity contribution in [2.45, 2.75) is 36.8 Å². The van der Waals surface area contributed by atoms with E-state index in [0.29, 0.717) is 6.04 Å². The van der Waals surface area contributed by atoms with Gasteiger partial charge in [-0.15, -0.1) is 11.8 Å². The monoisotopic (exact) mass is 235 g/mol. The highest BCUT2D eigenvalue weighted by Gasteiger charge is 2.25. The van der Waals surface area contributed by atoms with Crippen LogP contribution in [0.3, 0.4) is 0 Å². The second-order valence-electron chi connectivity index (χ2n) is 4.22. The lowest BCUT2D eigenvalue weighted by Gasteiger charge is -2.11. The van der Waals surface area contributed by atoms with Crippen LogP contribution in [0.4, 0.5) is 0 Å². The average molecular weight is 235 g/mol. The molecule has 16 heavy (non-hydrogen) atoms. The molecule has 0 saturated heterocycles. The molecule has 0 unspecified atom stereocenters. The summed E-state index contributed by atoms with van der Waals surface area (Å²) < 4.78 is 0. The number of carbonyl (C=O) groups excluding carboxylic acids is 1. The van der Waals surface area contributed by atoms with Crippen LogP contribution in [0.2, 0.25) is 0 Å². The third kappa shape index (κ3) is 3.56. The number of rotatable bonds is 5. The highest BCUT2D eigenvalue weighted by atomic mass is 32.2. The summed E-state index contributed by atoms with van der Waals surface area (Å²) in [6, 6.07) is 10.7. The van der Waals surface area contributed by atoms with Crippen molar-refractivity contribution in [2.75, 3.05) is 0 Å². The van der Waals surface area contributed by atoms with Crippen molar-refractivity contribution in [3.63, 3.8) is 0 Å². The first-order valence-electron chi connectivity index (χ1n) is 5.71. The van der Waals surface area contributed by atoms with Gasteiger partial charge in [0.15, 0.2) is 0 Å². The number of hydrogen-bond donors (Lipinski definition) is 1. The van der Waals surface area contributed by atoms with Crippen molar-refractivity contribution in [3.05, 3.63) is 35.9 Å². The van der Waals surface area contributed by atoms with Crippen LogP contribution in [0, 0.1) is 0 Å². The Bertz CT molecular complexity index is 348. The van der Waals surface area contributed by atoms with E-state index in [4.69, 9.17) is 0 Å². The van der Waals surface area contributed by atoms with Gasteiger partial charge >= 0.3 is 0 Å². The smallest absolute Gasteiger partial charge is 0.233 e. The second kappa shape index (κ2) is 5.39. The Morgan fingerprint density at radius 1 is 1.44 bits per heavy atom. The predicted octanol–water partition coefficient (Wildman–Crippen LogP) is 2.59. The zero-order valence-corrected chi connectivity index (χ0v) is 10.3. The molecular weight excluding hydrogens is 218 g/mol. The molecule has 0 aromatic heterocycles. The van der Waals surface area contributed by atoms with Crippen molar-refractivity contribution in [2.24, 2.45) is 0 Å². The molecule has 2 nitrogen and oxygen atoms in total. The van der Waals surface area contributed by atoms with Crippen LogP contribution < -0.4 is 5.32 Å². The molecule has 0 spiro atoms. The van der Waals surface area contributed by atoms with E-state index >= 15 is 0 Å². The molecular formula is C13H17NOS. The number of carbonyl (C=O) groups is 1. The Hall–Kier alpha value is -0.960. The summed E-state index contributed by atoms with van der Waals surface area (Å²) in [5.41, 5.74) is 1.28. The quantitative estimate of drug-likeness (QED) is 0.850. The Kier molecular flexibility index (Phi) is 3.88. The molecule has 1 aromatic carbocycles. The van der Waals surface area contributed by atoms with Gasteiger partial charge in [0.25, 0.3) is 0 Å². The van der Waals surface area contributed by atoms with Crippen LogP contribution in [0.15, 0.2) is 30.3 Å². The van der Waals surface area contributed by atoms with Gasteiger partial charge in [0, 0.05) is 11.8 Å². The zero-order valence-electron chi connectivity index (χ0n) is 9.48. The molecule has 3 heteroatoms. The SMILES string of the molecule is C[C@H](SCc1ccccc1)C(=O)NC1CC1. The molecule has 0 radical (unpaired) electrons. The topological polar surface area (TPSA) is 29.1 Å². The summed E-state index contributed by atoms with van der Waals surface area (Å²) in [5.74, 6) is 1.09. The van der Waals surface area contributed by atoms with Crippen LogP contribution >= 0.6 is 11.8 Å². The minimum atomic E-state index is 0.0424. The molecule has 1 fully saturated rings. The Balaban J connectivity index is 1.74. The molecule has 1 amide bonds. The first kappa shape index (κ1) is 11.5. The van der Waals surface area contributed by atoms with E-state index in [9.17, 15) is 4.79 Å². The van der Waals surface area contributed by atoms with Gasteiger partial charge in [0.1, 0.15) is 0 Å². The van der Waals surface area contributed by atoms with Gasteiger partial charge in [0.05, 0.1) is 5.25 Å². The van der Waals surface area contributed by atoms with Gasteiger partial charge < -0.3 is 5.32 Å². The largest absolute Gasteiger partial charge is 0.352 e. The molecule has 86 valence electrons. The van der Waals surface area contributed by atoms with E-state index in [-0.39, 0.29) is 11.2 Å². The number of benzene rings is 1. The summed E-state index contributed by atoms with van der Waals surface area (Å²) in [5, 5.41) is 3.07. The van der Waals surface area contributed by atoms with E-state index in [1.165, 1.54) is 5.56 Å². The molecule has 0 heterocycles. The van der Waals surface area contributed by atoms with Crippen LogP contribution in [0.25, 0.3) is 0 Å². The van der Waals surface area contributed by atoms with Crippen LogP contribution in [-0.4, -0.2) is 17.2 Å². The lowest BCUT2D eigenvalue weighted by atomic mass is 10.2. The normalized spacial score (nSPS) is 16.8. The van der Waals surface area contributed by atoms with E-state index in [1.807, 2.05) is 25.1 Å². The number of amides is 1. The van der Waals surface area contributed by atoms with Gasteiger partial charge in [-0.25, -0.2) is 0 Å². The van der Waals surface area contributed by atoms with Gasteiger partial charge in [-0.3, -0.25) is 4.79 Å². The van der Waals surface area contributed by atoms with Gasteiger partial charge in [-0.2, -0.15) is 0 Å². The van der Waals surface area contributed by atoms with Crippen LogP contribution in [0.1, 0.15) is 25.3 Å². The van der Waals surface area contributed by atoms with Crippen molar-refractivity contribution in [3.8, 4) is 0 Å². The summed E-state index contributed by atoms with van der Waals surface area (Å²) in [7, 11) is 0. The first-order valence-corrected chi connectivity index (χ1v) is 6.76. The third-order valence-corrected chi connectivity index (χ3v) is 3.85. The van der Waals surface area contributed by atoms with Crippen molar-refractivity contribution in [1.29, 1.82) is 0 Å². The van der Waals surface area contributed by atoms with Gasteiger partial charge in [-0.1, -0.05) is 30.3 Å². The van der Waals surface area contributed by atoms with Gasteiger partial charge in [0.2, 0.25) is 5.91 Å². The maximum absolute atomic E-state index is 11.7. The Morgan fingerprint density at radius 3 is 2.75 bits per heavy atom. The highest BCUT2D eigenvalue weighted by Crippen LogP contribution is 2.22. The molecule has 1 aliphatic carbocycles. The maximum Gasteiger partial charge on any atom is 0.233 e. The molecule has 0 aliphatic heterocycles. The molecule has 0 bridgehead atoms. The molecule has 1 aliphatic rings. The fourth-order valence-corrected chi connectivity index (χ4v) is 2.27. The summed E-state index contributed by atoms with van der Waals surface area (Å²) in [6.07, 6.45) is 2.31. The van der Waals surface area contributed by atoms with Crippen LogP contribution in [0.5, 0.6) is 0 Å². The summed E-state index contributed by atoms with van der Waals surface area (Å²) in [4.78, 5) is 11.7. The zero-order chi connectivity index (χ0) is 11.4. The maximum atomic E-state index is 11.7. The predicted molar refractivity (Wildman–Crippen MR) is 68.4 cm³/mol. The van der Waals surface area contributed by atoms with Gasteiger partial charge in [-0.05, 0) is 25.3 Å². The lowest BCUT2D eigenvalue weighted by Crippen LogP contribution is -2.32. The average Bonchev–Trinajstić information content (AvgIpc) is 3.11. The number of thioether (sulfide) groups is 1. The first-order chi connectivity index (χ1) is 7.75. The number of hydrogen-bond acceptors (Lipinski definition) is 2. The third-order valence-electron chi connectivity index (χ3n) is 2.64. The van der Waals surface area contributed by atoms with Crippen molar-refractivity contribution < 1.29 is 4.79 Å². The second-order valence-corrected chi connectivity index (χ2v) is 5.55. The summed E-state index contributed by atoms with van der Waals surface area (Å²) in [6.45, 7) is 1.98. The molecule has 2 rings (SSSR count). The fourth-order valence-electron chi connectivity index (χ4n) is 1.42. The Labute approximate surface area is 101 Å². The fraction of sp³-hybridized carbons (Fsp3) is 0.462. The van der Waals surface area contributed by atoms with E-state index in [1.54, 1.807) is 11.8 Å². The molecule has 1 saturated carbocycles. The summed E-state index contributed by atoms with van der Waals surface area (Å²) >= 11 is 1.70. The minimum absolute atomic E-state index is 0.0424. The highest BCUT2D eigenvalue weighted by molar-refractivity contribution is 7.99. The Morgan fingerprint density at radius 2 is 2.12 bits per heavy atom. The molecule has 1 N–H and O–H groups in total. The molecule has 1 atom stereocenters. The van der Waals surface area contributed by atoms with E-state index in [0.717, 1.165) is 18.6 Å². The minimum Gasteiger partial charge on any atom is -0.352 e. The lowest BCUT2D eigenvalue weighted by molar-refractivity contribution is -0.120. The van der Waals surface area contributed by atoms with E-state index in [2.05, 4.69) is 17.4 Å². The van der Waals surface area contributed by atoms with E-state index < -0.39 is 0 Å². The molecule has 1 aromatic rings. The standard InChI is InChI=1S/C13H17NOS/c1-10(13(15)14-12-7-8-12)16-9-11-5-3-2-4-6-11/h2-6,10,12H,7-9H2,1H3,(H,14,15)/t10-/m0/s1.